The molecule has 118 valence electrons. The van der Waals surface area contributed by atoms with Crippen LogP contribution in [-0.4, -0.2) is 39.8 Å². The molecule has 0 aliphatic heterocycles. The van der Waals surface area contributed by atoms with Gasteiger partial charge in [-0.05, 0) is 43.4 Å². The number of nitrogens with one attached hydrogen (secondary N) is 2. The summed E-state index contributed by atoms with van der Waals surface area (Å²) in [6, 6.07) is 7.95. The Labute approximate surface area is 132 Å². The van der Waals surface area contributed by atoms with Crippen LogP contribution in [0.1, 0.15) is 24.8 Å². The lowest BCUT2D eigenvalue weighted by Crippen LogP contribution is -2.38. The van der Waals surface area contributed by atoms with Crippen LogP contribution in [0.3, 0.4) is 0 Å². The first kappa shape index (κ1) is 17.8. The number of nitrogens with zero attached hydrogens (tertiary/aromatic N) is 1. The molecule has 0 atom stereocenters. The minimum atomic E-state index is 0.783. The lowest BCUT2D eigenvalue weighted by Gasteiger charge is -2.12. The summed E-state index contributed by atoms with van der Waals surface area (Å²) < 4.78 is 5.03. The topological polar surface area (TPSA) is 45.7 Å². The van der Waals surface area contributed by atoms with Gasteiger partial charge in [-0.25, -0.2) is 0 Å². The van der Waals surface area contributed by atoms with Crippen molar-refractivity contribution in [1.82, 2.24) is 10.6 Å². The third-order valence-corrected chi connectivity index (χ3v) is 3.37. The Morgan fingerprint density at radius 2 is 2.00 bits per heavy atom. The van der Waals surface area contributed by atoms with E-state index in [1.807, 2.05) is 18.2 Å². The van der Waals surface area contributed by atoms with Crippen LogP contribution in [0.4, 0.5) is 0 Å². The molecule has 5 heteroatoms. The molecule has 0 bridgehead atoms. The minimum Gasteiger partial charge on any atom is -0.385 e. The molecule has 0 radical (unpaired) electrons. The SMILES string of the molecule is CN=C(NCCCCCOC)NCCc1cccc(Cl)c1. The number of hydrogen-bond acceptors (Lipinski definition) is 2. The molecule has 0 spiro atoms. The van der Waals surface area contributed by atoms with Crippen LogP contribution in [0.5, 0.6) is 0 Å². The maximum atomic E-state index is 5.97. The smallest absolute Gasteiger partial charge is 0.190 e. The molecule has 0 saturated heterocycles. The first-order chi connectivity index (χ1) is 10.3. The summed E-state index contributed by atoms with van der Waals surface area (Å²) in [7, 11) is 3.53. The van der Waals surface area contributed by atoms with Gasteiger partial charge < -0.3 is 15.4 Å². The van der Waals surface area contributed by atoms with Gasteiger partial charge >= 0.3 is 0 Å². The standard InChI is InChI=1S/C16H26ClN3O/c1-18-16(19-10-4-3-5-12-21-2)20-11-9-14-7-6-8-15(17)13-14/h6-8,13H,3-5,9-12H2,1-2H3,(H2,18,19,20). The lowest BCUT2D eigenvalue weighted by molar-refractivity contribution is 0.192. The number of halogens is 1. The van der Waals surface area contributed by atoms with Gasteiger partial charge in [0.2, 0.25) is 0 Å². The molecule has 0 heterocycles. The van der Waals surface area contributed by atoms with E-state index in [9.17, 15) is 0 Å². The van der Waals surface area contributed by atoms with Crippen molar-refractivity contribution >= 4 is 17.6 Å². The highest BCUT2D eigenvalue weighted by Crippen LogP contribution is 2.10. The van der Waals surface area contributed by atoms with Gasteiger partial charge in [0.25, 0.3) is 0 Å². The first-order valence-corrected chi connectivity index (χ1v) is 7.82. The van der Waals surface area contributed by atoms with E-state index in [1.54, 1.807) is 14.2 Å². The Morgan fingerprint density at radius 1 is 1.19 bits per heavy atom. The molecule has 0 aromatic heterocycles. The summed E-state index contributed by atoms with van der Waals surface area (Å²) >= 11 is 5.97. The fourth-order valence-corrected chi connectivity index (χ4v) is 2.21. The number of guanidine groups is 1. The Balaban J connectivity index is 2.14. The molecular weight excluding hydrogens is 286 g/mol. The molecular formula is C16H26ClN3O. The highest BCUT2D eigenvalue weighted by molar-refractivity contribution is 6.30. The van der Waals surface area contributed by atoms with Crippen molar-refractivity contribution in [2.45, 2.75) is 25.7 Å². The second-order valence-electron chi connectivity index (χ2n) is 4.86. The van der Waals surface area contributed by atoms with Crippen LogP contribution in [0.15, 0.2) is 29.3 Å². The van der Waals surface area contributed by atoms with Crippen molar-refractivity contribution in [3.63, 3.8) is 0 Å². The first-order valence-electron chi connectivity index (χ1n) is 7.44. The van der Waals surface area contributed by atoms with Crippen molar-refractivity contribution in [1.29, 1.82) is 0 Å². The number of unbranched alkanes of at least 4 members (excludes halogenated alkanes) is 2. The average molecular weight is 312 g/mol. The summed E-state index contributed by atoms with van der Waals surface area (Å²) in [5.41, 5.74) is 1.23. The van der Waals surface area contributed by atoms with Crippen LogP contribution in [0.25, 0.3) is 0 Å². The Morgan fingerprint density at radius 3 is 2.71 bits per heavy atom. The predicted octanol–water partition coefficient (Wildman–Crippen LogP) is 2.86. The number of aliphatic imine (C=N–C) groups is 1. The largest absolute Gasteiger partial charge is 0.385 e. The molecule has 0 aliphatic carbocycles. The van der Waals surface area contributed by atoms with Crippen LogP contribution in [-0.2, 0) is 11.2 Å². The van der Waals surface area contributed by atoms with Gasteiger partial charge in [0.15, 0.2) is 5.96 Å². The fourth-order valence-electron chi connectivity index (χ4n) is 1.99. The van der Waals surface area contributed by atoms with E-state index in [-0.39, 0.29) is 0 Å². The average Bonchev–Trinajstić information content (AvgIpc) is 2.49. The highest BCUT2D eigenvalue weighted by atomic mass is 35.5. The van der Waals surface area contributed by atoms with Gasteiger partial charge in [0.05, 0.1) is 0 Å². The lowest BCUT2D eigenvalue weighted by atomic mass is 10.1. The van der Waals surface area contributed by atoms with E-state index in [4.69, 9.17) is 16.3 Å². The van der Waals surface area contributed by atoms with E-state index in [1.165, 1.54) is 12.0 Å². The van der Waals surface area contributed by atoms with Gasteiger partial charge in [-0.2, -0.15) is 0 Å². The third kappa shape index (κ3) is 8.58. The van der Waals surface area contributed by atoms with Gasteiger partial charge in [-0.15, -0.1) is 0 Å². The zero-order valence-electron chi connectivity index (χ0n) is 13.0. The Bertz CT molecular complexity index is 424. The molecule has 0 amide bonds. The molecule has 1 aromatic carbocycles. The summed E-state index contributed by atoms with van der Waals surface area (Å²) in [6.07, 6.45) is 4.33. The molecule has 1 rings (SSSR count). The monoisotopic (exact) mass is 311 g/mol. The maximum Gasteiger partial charge on any atom is 0.190 e. The third-order valence-electron chi connectivity index (χ3n) is 3.14. The molecule has 4 nitrogen and oxygen atoms in total. The minimum absolute atomic E-state index is 0.783. The molecule has 2 N–H and O–H groups in total. The zero-order valence-corrected chi connectivity index (χ0v) is 13.7. The normalized spacial score (nSPS) is 11.5. The number of benzene rings is 1. The molecule has 21 heavy (non-hydrogen) atoms. The number of rotatable bonds is 9. The van der Waals surface area contributed by atoms with E-state index < -0.39 is 0 Å². The van der Waals surface area contributed by atoms with E-state index in [0.717, 1.165) is 49.9 Å². The van der Waals surface area contributed by atoms with Crippen molar-refractivity contribution in [3.05, 3.63) is 34.9 Å². The van der Waals surface area contributed by atoms with Crippen molar-refractivity contribution < 1.29 is 4.74 Å². The Hall–Kier alpha value is -1.26. The van der Waals surface area contributed by atoms with Crippen LogP contribution < -0.4 is 10.6 Å². The van der Waals surface area contributed by atoms with E-state index >= 15 is 0 Å². The highest BCUT2D eigenvalue weighted by Gasteiger charge is 1.98. The Kier molecular flexibility index (Phi) is 9.66. The van der Waals surface area contributed by atoms with Gasteiger partial charge in [-0.1, -0.05) is 23.7 Å². The molecule has 1 aromatic rings. The summed E-state index contributed by atoms with van der Waals surface area (Å²) in [5.74, 6) is 0.851. The predicted molar refractivity (Wildman–Crippen MR) is 90.2 cm³/mol. The van der Waals surface area contributed by atoms with E-state index in [0.29, 0.717) is 0 Å². The molecule has 0 fully saturated rings. The number of methoxy groups -OCH3 is 1. The van der Waals surface area contributed by atoms with Gasteiger partial charge in [0, 0.05) is 38.9 Å². The summed E-state index contributed by atoms with van der Waals surface area (Å²) in [6.45, 7) is 2.61. The number of hydrogen-bond donors (Lipinski definition) is 2. The molecule has 0 aliphatic rings. The maximum absolute atomic E-state index is 5.97. The summed E-state index contributed by atoms with van der Waals surface area (Å²) in [4.78, 5) is 4.21. The zero-order chi connectivity index (χ0) is 15.3. The quantitative estimate of drug-likeness (QED) is 0.419. The second kappa shape index (κ2) is 11.4. The van der Waals surface area contributed by atoms with Crippen molar-refractivity contribution in [2.75, 3.05) is 33.9 Å². The van der Waals surface area contributed by atoms with Gasteiger partial charge in [0.1, 0.15) is 0 Å². The van der Waals surface area contributed by atoms with Crippen LogP contribution in [0, 0.1) is 0 Å². The van der Waals surface area contributed by atoms with Crippen LogP contribution in [0.2, 0.25) is 5.02 Å². The second-order valence-corrected chi connectivity index (χ2v) is 5.30. The van der Waals surface area contributed by atoms with Crippen molar-refractivity contribution in [3.8, 4) is 0 Å². The number of ether oxygens (including phenoxy) is 1. The summed E-state index contributed by atoms with van der Waals surface area (Å²) in [5, 5.41) is 7.41. The molecule has 0 unspecified atom stereocenters. The van der Waals surface area contributed by atoms with Crippen LogP contribution >= 0.6 is 11.6 Å². The fraction of sp³-hybridized carbons (Fsp3) is 0.562. The van der Waals surface area contributed by atoms with E-state index in [2.05, 4.69) is 21.7 Å². The van der Waals surface area contributed by atoms with Crippen molar-refractivity contribution in [2.24, 2.45) is 4.99 Å². The van der Waals surface area contributed by atoms with Gasteiger partial charge in [-0.3, -0.25) is 4.99 Å². The molecule has 0 saturated carbocycles.